The first-order valence-corrected chi connectivity index (χ1v) is 11.1. The molecule has 0 radical (unpaired) electrons. The van der Waals surface area contributed by atoms with Gasteiger partial charge < -0.3 is 0 Å². The summed E-state index contributed by atoms with van der Waals surface area (Å²) in [6.45, 7) is 2.27. The molecule has 1 saturated carbocycles. The zero-order valence-electron chi connectivity index (χ0n) is 17.0. The van der Waals surface area contributed by atoms with Crippen LogP contribution in [0.2, 0.25) is 0 Å². The van der Waals surface area contributed by atoms with E-state index in [-0.39, 0.29) is 6.42 Å². The largest absolute Gasteiger partial charge is 0.389 e. The molecule has 154 valence electrons. The Labute approximate surface area is 163 Å². The normalized spacial score (nSPS) is 20.7. The molecule has 0 atom stereocenters. The van der Waals surface area contributed by atoms with Crippen LogP contribution in [0.15, 0.2) is 24.3 Å². The first-order valence-electron chi connectivity index (χ1n) is 11.1. The summed E-state index contributed by atoms with van der Waals surface area (Å²) in [5, 5.41) is 0. The summed E-state index contributed by atoms with van der Waals surface area (Å²) in [7, 11) is 0. The number of aryl methyl sites for hydroxylation is 1. The first kappa shape index (κ1) is 22.3. The minimum atomic E-state index is -4.02. The number of hydrogen-bond acceptors (Lipinski definition) is 0. The molecular formula is C24H37F3. The zero-order chi connectivity index (χ0) is 19.5. The molecule has 0 amide bonds. The Morgan fingerprint density at radius 2 is 1.48 bits per heavy atom. The number of hydrogen-bond donors (Lipinski definition) is 0. The van der Waals surface area contributed by atoms with Crippen LogP contribution in [0.25, 0.3) is 0 Å². The predicted molar refractivity (Wildman–Crippen MR) is 108 cm³/mol. The van der Waals surface area contributed by atoms with Crippen LogP contribution in [0.3, 0.4) is 0 Å². The van der Waals surface area contributed by atoms with E-state index < -0.39 is 12.6 Å². The molecule has 1 aromatic carbocycles. The van der Waals surface area contributed by atoms with Gasteiger partial charge in [0.1, 0.15) is 0 Å². The minimum absolute atomic E-state index is 0.230. The molecule has 1 aromatic rings. The van der Waals surface area contributed by atoms with Crippen molar-refractivity contribution >= 4 is 0 Å². The van der Waals surface area contributed by atoms with Crippen molar-refractivity contribution in [3.8, 4) is 0 Å². The standard InChI is InChI=1S/C24H37F3/c1-2-3-4-5-6-9-20-11-15-22(16-12-20)23-17-13-21(14-18-23)10-7-8-19-24(25,26)27/h13-14,17-18,20,22H,2-12,15-16,19H2,1H3. The quantitative estimate of drug-likeness (QED) is 0.336. The van der Waals surface area contributed by atoms with Gasteiger partial charge in [0.15, 0.2) is 0 Å². The Morgan fingerprint density at radius 1 is 0.815 bits per heavy atom. The second-order valence-corrected chi connectivity index (χ2v) is 8.48. The average molecular weight is 383 g/mol. The van der Waals surface area contributed by atoms with Crippen molar-refractivity contribution in [1.82, 2.24) is 0 Å². The summed E-state index contributed by atoms with van der Waals surface area (Å²) >= 11 is 0. The van der Waals surface area contributed by atoms with E-state index >= 15 is 0 Å². The lowest BCUT2D eigenvalue weighted by Crippen LogP contribution is -2.13. The highest BCUT2D eigenvalue weighted by molar-refractivity contribution is 5.26. The van der Waals surface area contributed by atoms with E-state index in [0.29, 0.717) is 12.3 Å². The Bertz CT molecular complexity index is 495. The van der Waals surface area contributed by atoms with Crippen LogP contribution in [-0.2, 0) is 6.42 Å². The lowest BCUT2D eigenvalue weighted by molar-refractivity contribution is -0.135. The van der Waals surface area contributed by atoms with E-state index in [1.165, 1.54) is 75.3 Å². The highest BCUT2D eigenvalue weighted by atomic mass is 19.4. The van der Waals surface area contributed by atoms with Gasteiger partial charge in [-0.1, -0.05) is 69.7 Å². The van der Waals surface area contributed by atoms with Gasteiger partial charge in [-0.3, -0.25) is 0 Å². The molecule has 0 N–H and O–H groups in total. The monoisotopic (exact) mass is 382 g/mol. The maximum atomic E-state index is 12.2. The van der Waals surface area contributed by atoms with Crippen LogP contribution in [-0.4, -0.2) is 6.18 Å². The third kappa shape index (κ3) is 9.17. The molecule has 0 saturated heterocycles. The summed E-state index contributed by atoms with van der Waals surface area (Å²) in [5.74, 6) is 1.61. The van der Waals surface area contributed by atoms with Crippen molar-refractivity contribution in [3.05, 3.63) is 35.4 Å². The van der Waals surface area contributed by atoms with Gasteiger partial charge >= 0.3 is 6.18 Å². The molecule has 0 spiro atoms. The van der Waals surface area contributed by atoms with Gasteiger partial charge in [0.2, 0.25) is 0 Å². The number of rotatable bonds is 11. The fraction of sp³-hybridized carbons (Fsp3) is 0.750. The number of halogens is 3. The molecule has 2 rings (SSSR count). The molecule has 27 heavy (non-hydrogen) atoms. The molecular weight excluding hydrogens is 345 g/mol. The molecule has 0 heterocycles. The zero-order valence-corrected chi connectivity index (χ0v) is 17.0. The molecule has 0 bridgehead atoms. The number of unbranched alkanes of at least 4 members (excludes halogenated alkanes) is 5. The second kappa shape index (κ2) is 11.8. The second-order valence-electron chi connectivity index (χ2n) is 8.48. The van der Waals surface area contributed by atoms with E-state index in [9.17, 15) is 13.2 Å². The molecule has 1 aliphatic carbocycles. The van der Waals surface area contributed by atoms with Gasteiger partial charge in [0.05, 0.1) is 0 Å². The Balaban J connectivity index is 1.64. The topological polar surface area (TPSA) is 0 Å². The van der Waals surface area contributed by atoms with Crippen LogP contribution in [0.4, 0.5) is 13.2 Å². The average Bonchev–Trinajstić information content (AvgIpc) is 2.65. The third-order valence-corrected chi connectivity index (χ3v) is 6.19. The smallest absolute Gasteiger partial charge is 0.171 e. The maximum Gasteiger partial charge on any atom is 0.389 e. The van der Waals surface area contributed by atoms with E-state index in [0.717, 1.165) is 12.3 Å². The summed E-state index contributed by atoms with van der Waals surface area (Å²) in [4.78, 5) is 0. The molecule has 1 fully saturated rings. The molecule has 0 aliphatic heterocycles. The van der Waals surface area contributed by atoms with Crippen LogP contribution in [0, 0.1) is 5.92 Å². The molecule has 0 nitrogen and oxygen atoms in total. The highest BCUT2D eigenvalue weighted by Gasteiger charge is 2.26. The predicted octanol–water partition coefficient (Wildman–Crippen LogP) is 8.60. The van der Waals surface area contributed by atoms with Gasteiger partial charge in [-0.15, -0.1) is 0 Å². The Hall–Kier alpha value is -0.990. The van der Waals surface area contributed by atoms with Gasteiger partial charge in [0.25, 0.3) is 0 Å². The van der Waals surface area contributed by atoms with Crippen molar-refractivity contribution in [2.75, 3.05) is 0 Å². The van der Waals surface area contributed by atoms with Gasteiger partial charge in [-0.05, 0) is 67.9 Å². The number of benzene rings is 1. The van der Waals surface area contributed by atoms with E-state index in [4.69, 9.17) is 0 Å². The Morgan fingerprint density at radius 3 is 2.11 bits per heavy atom. The van der Waals surface area contributed by atoms with E-state index in [2.05, 4.69) is 31.2 Å². The maximum absolute atomic E-state index is 12.2. The Kier molecular flexibility index (Phi) is 9.72. The lowest BCUT2D eigenvalue weighted by atomic mass is 9.77. The molecule has 0 aromatic heterocycles. The van der Waals surface area contributed by atoms with E-state index in [1.54, 1.807) is 0 Å². The molecule has 3 heteroatoms. The third-order valence-electron chi connectivity index (χ3n) is 6.19. The van der Waals surface area contributed by atoms with Gasteiger partial charge in [-0.25, -0.2) is 0 Å². The highest BCUT2D eigenvalue weighted by Crippen LogP contribution is 2.38. The van der Waals surface area contributed by atoms with Crippen molar-refractivity contribution in [2.24, 2.45) is 5.92 Å². The number of alkyl halides is 3. The van der Waals surface area contributed by atoms with Crippen LogP contribution < -0.4 is 0 Å². The fourth-order valence-electron chi connectivity index (χ4n) is 4.43. The summed E-state index contributed by atoms with van der Waals surface area (Å²) < 4.78 is 36.6. The molecule has 1 aliphatic rings. The molecule has 0 unspecified atom stereocenters. The SMILES string of the molecule is CCCCCCCC1CCC(c2ccc(CCCCC(F)(F)F)cc2)CC1. The van der Waals surface area contributed by atoms with Gasteiger partial charge in [-0.2, -0.15) is 13.2 Å². The van der Waals surface area contributed by atoms with Crippen molar-refractivity contribution in [3.63, 3.8) is 0 Å². The first-order chi connectivity index (χ1) is 13.0. The van der Waals surface area contributed by atoms with E-state index in [1.807, 2.05) is 0 Å². The summed E-state index contributed by atoms with van der Waals surface area (Å²) in [6, 6.07) is 8.69. The fourth-order valence-corrected chi connectivity index (χ4v) is 4.43. The van der Waals surface area contributed by atoms with Gasteiger partial charge in [0, 0.05) is 6.42 Å². The minimum Gasteiger partial charge on any atom is -0.171 e. The summed E-state index contributed by atoms with van der Waals surface area (Å²) in [5.41, 5.74) is 2.59. The van der Waals surface area contributed by atoms with Crippen LogP contribution >= 0.6 is 0 Å². The lowest BCUT2D eigenvalue weighted by Gasteiger charge is -2.29. The summed E-state index contributed by atoms with van der Waals surface area (Å²) in [6.07, 6.45) is 10.5. The van der Waals surface area contributed by atoms with Crippen molar-refractivity contribution in [1.29, 1.82) is 0 Å². The van der Waals surface area contributed by atoms with Crippen molar-refractivity contribution < 1.29 is 13.2 Å². The van der Waals surface area contributed by atoms with Crippen molar-refractivity contribution in [2.45, 2.75) is 109 Å². The van der Waals surface area contributed by atoms with Crippen LogP contribution in [0.1, 0.15) is 107 Å². The van der Waals surface area contributed by atoms with Crippen LogP contribution in [0.5, 0.6) is 0 Å².